The van der Waals surface area contributed by atoms with Crippen LogP contribution in [0.4, 0.5) is 0 Å². The number of amides is 1. The third kappa shape index (κ3) is 4.09. The first-order valence-electron chi connectivity index (χ1n) is 5.56. The average Bonchev–Trinajstić information content (AvgIpc) is 2.60. The summed E-state index contributed by atoms with van der Waals surface area (Å²) in [7, 11) is 0. The molecule has 1 aromatic heterocycles. The van der Waals surface area contributed by atoms with Crippen LogP contribution < -0.4 is 5.32 Å². The lowest BCUT2D eigenvalue weighted by molar-refractivity contribution is 0.0906. The summed E-state index contributed by atoms with van der Waals surface area (Å²) in [6, 6.07) is 1.72. The van der Waals surface area contributed by atoms with Gasteiger partial charge < -0.3 is 14.8 Å². The number of furan rings is 1. The molecule has 2 N–H and O–H groups in total. The van der Waals surface area contributed by atoms with Gasteiger partial charge in [-0.25, -0.2) is 0 Å². The topological polar surface area (TPSA) is 62.5 Å². The van der Waals surface area contributed by atoms with E-state index in [9.17, 15) is 4.79 Å². The normalized spacial score (nSPS) is 12.5. The minimum atomic E-state index is -0.214. The van der Waals surface area contributed by atoms with Gasteiger partial charge in [0.25, 0.3) is 5.91 Å². The highest BCUT2D eigenvalue weighted by molar-refractivity contribution is 7.98. The molecule has 1 atom stereocenters. The molecule has 1 rings (SSSR count). The summed E-state index contributed by atoms with van der Waals surface area (Å²) in [6.45, 7) is 3.81. The lowest BCUT2D eigenvalue weighted by atomic mass is 10.2. The van der Waals surface area contributed by atoms with E-state index in [0.717, 1.165) is 17.1 Å². The molecule has 1 heterocycles. The lowest BCUT2D eigenvalue weighted by Crippen LogP contribution is -2.37. The van der Waals surface area contributed by atoms with Crippen LogP contribution in [0.1, 0.15) is 28.3 Å². The maximum absolute atomic E-state index is 11.9. The lowest BCUT2D eigenvalue weighted by Gasteiger charge is -2.15. The van der Waals surface area contributed by atoms with Crippen LogP contribution >= 0.6 is 11.8 Å². The number of aliphatic hydroxyl groups excluding tert-OH is 1. The van der Waals surface area contributed by atoms with E-state index >= 15 is 0 Å². The molecule has 4 nitrogen and oxygen atoms in total. The van der Waals surface area contributed by atoms with Gasteiger partial charge in [-0.2, -0.15) is 11.8 Å². The Morgan fingerprint density at radius 2 is 2.29 bits per heavy atom. The number of rotatable bonds is 6. The first-order valence-corrected chi connectivity index (χ1v) is 6.95. The van der Waals surface area contributed by atoms with Crippen LogP contribution in [0.15, 0.2) is 10.5 Å². The minimum Gasteiger partial charge on any atom is -0.456 e. The van der Waals surface area contributed by atoms with Gasteiger partial charge in [-0.15, -0.1) is 0 Å². The highest BCUT2D eigenvalue weighted by Crippen LogP contribution is 2.13. The molecule has 0 aromatic carbocycles. The second-order valence-electron chi connectivity index (χ2n) is 3.99. The van der Waals surface area contributed by atoms with Crippen LogP contribution in [0, 0.1) is 13.8 Å². The van der Waals surface area contributed by atoms with Crippen molar-refractivity contribution in [3.05, 3.63) is 23.2 Å². The minimum absolute atomic E-state index is 0.0202. The molecule has 0 aliphatic carbocycles. The summed E-state index contributed by atoms with van der Waals surface area (Å²) in [4.78, 5) is 11.9. The Balaban J connectivity index is 2.63. The Morgan fingerprint density at radius 3 is 2.76 bits per heavy atom. The Hall–Kier alpha value is -0.940. The fourth-order valence-corrected chi connectivity index (χ4v) is 2.15. The molecule has 0 aliphatic rings. The van der Waals surface area contributed by atoms with E-state index in [1.54, 1.807) is 17.8 Å². The standard InChI is InChI=1S/C12H19NO3S/c1-8-6-11(16-9(8)2)12(15)13-10(4-5-14)7-17-3/h6,10,14H,4-5,7H2,1-3H3,(H,13,15). The highest BCUT2D eigenvalue weighted by atomic mass is 32.2. The van der Waals surface area contributed by atoms with E-state index in [0.29, 0.717) is 12.2 Å². The van der Waals surface area contributed by atoms with Crippen molar-refractivity contribution in [3.8, 4) is 0 Å². The second-order valence-corrected chi connectivity index (χ2v) is 4.90. The zero-order valence-corrected chi connectivity index (χ0v) is 11.3. The first kappa shape index (κ1) is 14.1. The Morgan fingerprint density at radius 1 is 1.59 bits per heavy atom. The highest BCUT2D eigenvalue weighted by Gasteiger charge is 2.16. The van der Waals surface area contributed by atoms with Crippen molar-refractivity contribution in [1.29, 1.82) is 0 Å². The number of aryl methyl sites for hydroxylation is 2. The molecule has 0 aliphatic heterocycles. The maximum atomic E-state index is 11.9. The second kappa shape index (κ2) is 6.71. The fourth-order valence-electron chi connectivity index (χ4n) is 1.50. The smallest absolute Gasteiger partial charge is 0.287 e. The largest absolute Gasteiger partial charge is 0.456 e. The maximum Gasteiger partial charge on any atom is 0.287 e. The summed E-state index contributed by atoms with van der Waals surface area (Å²) in [5.74, 6) is 1.67. The van der Waals surface area contributed by atoms with Gasteiger partial charge in [0.1, 0.15) is 5.76 Å². The van der Waals surface area contributed by atoms with Crippen LogP contribution in [0.5, 0.6) is 0 Å². The van der Waals surface area contributed by atoms with Gasteiger partial charge in [-0.3, -0.25) is 4.79 Å². The van der Waals surface area contributed by atoms with Gasteiger partial charge >= 0.3 is 0 Å². The molecule has 0 spiro atoms. The molecule has 0 radical (unpaired) electrons. The first-order chi connectivity index (χ1) is 8.08. The summed E-state index contributed by atoms with van der Waals surface area (Å²) in [5.41, 5.74) is 0.971. The zero-order chi connectivity index (χ0) is 12.8. The predicted octanol–water partition coefficient (Wildman–Crippen LogP) is 1.74. The van der Waals surface area contributed by atoms with Crippen LogP contribution in [0.3, 0.4) is 0 Å². The molecule has 0 saturated carbocycles. The van der Waals surface area contributed by atoms with Gasteiger partial charge in [0.05, 0.1) is 0 Å². The predicted molar refractivity (Wildman–Crippen MR) is 69.5 cm³/mol. The number of hydrogen-bond acceptors (Lipinski definition) is 4. The molecule has 96 valence electrons. The van der Waals surface area contributed by atoms with Crippen molar-refractivity contribution in [2.75, 3.05) is 18.6 Å². The Labute approximate surface area is 106 Å². The summed E-state index contributed by atoms with van der Waals surface area (Å²) >= 11 is 1.64. The van der Waals surface area contributed by atoms with Crippen molar-refractivity contribution in [2.24, 2.45) is 0 Å². The van der Waals surface area contributed by atoms with Crippen LogP contribution in [-0.4, -0.2) is 35.7 Å². The molecule has 5 heteroatoms. The summed E-state index contributed by atoms with van der Waals surface area (Å²) < 4.78 is 5.35. The van der Waals surface area contributed by atoms with Gasteiger partial charge in [-0.05, 0) is 38.2 Å². The van der Waals surface area contributed by atoms with E-state index in [2.05, 4.69) is 5.32 Å². The molecule has 0 fully saturated rings. The number of hydrogen-bond donors (Lipinski definition) is 2. The van der Waals surface area contributed by atoms with Gasteiger partial charge in [0, 0.05) is 18.4 Å². The van der Waals surface area contributed by atoms with Gasteiger partial charge in [0.15, 0.2) is 5.76 Å². The molecule has 0 saturated heterocycles. The molecule has 1 amide bonds. The van der Waals surface area contributed by atoms with Crippen molar-refractivity contribution >= 4 is 17.7 Å². The number of thioether (sulfide) groups is 1. The van der Waals surface area contributed by atoms with E-state index in [-0.39, 0.29) is 18.6 Å². The van der Waals surface area contributed by atoms with Crippen molar-refractivity contribution in [2.45, 2.75) is 26.3 Å². The van der Waals surface area contributed by atoms with E-state index in [1.807, 2.05) is 20.1 Å². The molecular formula is C12H19NO3S. The van der Waals surface area contributed by atoms with E-state index in [4.69, 9.17) is 9.52 Å². The summed E-state index contributed by atoms with van der Waals surface area (Å²) in [6.07, 6.45) is 2.53. The fraction of sp³-hybridized carbons (Fsp3) is 0.583. The molecule has 1 aromatic rings. The van der Waals surface area contributed by atoms with Crippen molar-refractivity contribution < 1.29 is 14.3 Å². The van der Waals surface area contributed by atoms with Crippen molar-refractivity contribution in [3.63, 3.8) is 0 Å². The SMILES string of the molecule is CSCC(CCO)NC(=O)c1cc(C)c(C)o1. The third-order valence-corrected chi connectivity index (χ3v) is 3.31. The third-order valence-electron chi connectivity index (χ3n) is 2.57. The average molecular weight is 257 g/mol. The van der Waals surface area contributed by atoms with Crippen molar-refractivity contribution in [1.82, 2.24) is 5.32 Å². The van der Waals surface area contributed by atoms with E-state index in [1.165, 1.54) is 0 Å². The number of nitrogens with one attached hydrogen (secondary N) is 1. The van der Waals surface area contributed by atoms with E-state index < -0.39 is 0 Å². The summed E-state index contributed by atoms with van der Waals surface area (Å²) in [5, 5.41) is 11.8. The molecule has 1 unspecified atom stereocenters. The zero-order valence-electron chi connectivity index (χ0n) is 10.4. The number of carbonyl (C=O) groups is 1. The van der Waals surface area contributed by atoms with Gasteiger partial charge in [0.2, 0.25) is 0 Å². The molecule has 0 bridgehead atoms. The van der Waals surface area contributed by atoms with Crippen LogP contribution in [0.25, 0.3) is 0 Å². The number of aliphatic hydroxyl groups is 1. The van der Waals surface area contributed by atoms with Gasteiger partial charge in [-0.1, -0.05) is 0 Å². The van der Waals surface area contributed by atoms with Crippen LogP contribution in [0.2, 0.25) is 0 Å². The Kier molecular flexibility index (Phi) is 5.58. The molecular weight excluding hydrogens is 238 g/mol. The monoisotopic (exact) mass is 257 g/mol. The van der Waals surface area contributed by atoms with Crippen LogP contribution in [-0.2, 0) is 0 Å². The quantitative estimate of drug-likeness (QED) is 0.815. The number of carbonyl (C=O) groups excluding carboxylic acids is 1. The Bertz CT molecular complexity index is 350. The molecule has 17 heavy (non-hydrogen) atoms.